The van der Waals surface area contributed by atoms with E-state index >= 15 is 0 Å². The van der Waals surface area contributed by atoms with Gasteiger partial charge >= 0.3 is 24.4 Å². The van der Waals surface area contributed by atoms with Gasteiger partial charge in [0.05, 0.1) is 12.1 Å². The van der Waals surface area contributed by atoms with Gasteiger partial charge in [0.2, 0.25) is 5.89 Å². The van der Waals surface area contributed by atoms with Crippen LogP contribution in [0, 0.1) is 5.82 Å². The predicted octanol–water partition coefficient (Wildman–Crippen LogP) is 5.70. The third kappa shape index (κ3) is 4.66. The van der Waals surface area contributed by atoms with Crippen LogP contribution in [-0.4, -0.2) is 56.5 Å². The zero-order valence-electron chi connectivity index (χ0n) is 20.1. The molecule has 2 atom stereocenters. The topological polar surface area (TPSA) is 79.5 Å². The average Bonchev–Trinajstić information content (AvgIpc) is 3.53. The zero-order chi connectivity index (χ0) is 29.0. The van der Waals surface area contributed by atoms with Crippen LogP contribution in [0.25, 0.3) is 11.5 Å². The summed E-state index contributed by atoms with van der Waals surface area (Å²) in [5, 5.41) is 6.78. The quantitative estimate of drug-likeness (QED) is 0.366. The van der Waals surface area contributed by atoms with Crippen molar-refractivity contribution in [2.45, 2.75) is 50.0 Å². The number of hydrogen-bond donors (Lipinski definition) is 0. The number of amides is 2. The van der Waals surface area contributed by atoms with Crippen molar-refractivity contribution in [1.82, 2.24) is 20.0 Å². The number of benzene rings is 2. The van der Waals surface area contributed by atoms with Gasteiger partial charge in [0, 0.05) is 24.2 Å². The molecule has 0 spiro atoms. The molecule has 7 nitrogen and oxygen atoms in total. The summed E-state index contributed by atoms with van der Waals surface area (Å²) < 4.78 is 112. The van der Waals surface area contributed by atoms with E-state index < -0.39 is 60.7 Å². The molecule has 1 fully saturated rings. The van der Waals surface area contributed by atoms with Crippen LogP contribution < -0.4 is 0 Å². The molecule has 2 aromatic carbocycles. The Balaban J connectivity index is 1.50. The van der Waals surface area contributed by atoms with Crippen LogP contribution in [0.4, 0.5) is 35.1 Å². The first-order valence-corrected chi connectivity index (χ1v) is 11.9. The molecular weight excluding hydrogens is 556 g/mol. The maximum absolute atomic E-state index is 14.2. The lowest BCUT2D eigenvalue weighted by Crippen LogP contribution is -2.58. The van der Waals surface area contributed by atoms with Crippen molar-refractivity contribution in [3.05, 3.63) is 70.9 Å². The van der Waals surface area contributed by atoms with E-state index in [1.807, 2.05) is 0 Å². The Morgan fingerprint density at radius 2 is 1.73 bits per heavy atom. The van der Waals surface area contributed by atoms with E-state index in [0.717, 1.165) is 24.3 Å². The van der Waals surface area contributed by atoms with Gasteiger partial charge in [-0.1, -0.05) is 18.2 Å². The summed E-state index contributed by atoms with van der Waals surface area (Å²) in [6.07, 6.45) is -9.03. The molecule has 1 aromatic heterocycles. The second-order valence-electron chi connectivity index (χ2n) is 9.33. The highest BCUT2D eigenvalue weighted by Gasteiger charge is 2.65. The van der Waals surface area contributed by atoms with Gasteiger partial charge in [-0.15, -0.1) is 10.2 Å². The monoisotopic (exact) mass is 574 g/mol. The summed E-state index contributed by atoms with van der Waals surface area (Å²) >= 11 is 0. The van der Waals surface area contributed by atoms with E-state index in [1.165, 1.54) is 23.1 Å². The van der Waals surface area contributed by atoms with Crippen molar-refractivity contribution in [1.29, 1.82) is 0 Å². The van der Waals surface area contributed by atoms with Crippen LogP contribution in [-0.2, 0) is 11.3 Å². The standard InChI is InChI=1S/C25H18F8N4O3/c26-15-7-5-12(6-8-15)18-17(2-1-9-36(18)23(39)24(29,30)25(31,32)33)37-11-14-4-3-13(10-16(14)22(37)38)20-34-35-21(40-20)19(27)28/h3-8,10,17-19H,1-2,9,11H2/t17-,18+/m0/s1. The molecule has 2 aliphatic rings. The van der Waals surface area contributed by atoms with Crippen LogP contribution in [0.3, 0.4) is 0 Å². The highest BCUT2D eigenvalue weighted by atomic mass is 19.4. The number of hydrogen-bond acceptors (Lipinski definition) is 5. The summed E-state index contributed by atoms with van der Waals surface area (Å²) in [4.78, 5) is 27.8. The molecule has 1 saturated heterocycles. The van der Waals surface area contributed by atoms with Crippen molar-refractivity contribution in [2.75, 3.05) is 6.54 Å². The molecule has 2 amide bonds. The van der Waals surface area contributed by atoms with Crippen molar-refractivity contribution >= 4 is 11.8 Å². The Bertz CT molecular complexity index is 1440. The first-order chi connectivity index (χ1) is 18.8. The number of alkyl halides is 7. The van der Waals surface area contributed by atoms with Crippen molar-refractivity contribution in [2.24, 2.45) is 0 Å². The molecular formula is C25H18F8N4O3. The molecule has 0 saturated carbocycles. The second kappa shape index (κ2) is 9.86. The van der Waals surface area contributed by atoms with Gasteiger partial charge in [-0.05, 0) is 48.2 Å². The highest BCUT2D eigenvalue weighted by Crippen LogP contribution is 2.44. The Hall–Kier alpha value is -4.04. The van der Waals surface area contributed by atoms with Crippen LogP contribution in [0.5, 0.6) is 0 Å². The maximum Gasteiger partial charge on any atom is 0.463 e. The number of carbonyl (C=O) groups excluding carboxylic acids is 2. The van der Waals surface area contributed by atoms with Crippen LogP contribution in [0.2, 0.25) is 0 Å². The van der Waals surface area contributed by atoms with Crippen LogP contribution >= 0.6 is 0 Å². The zero-order valence-corrected chi connectivity index (χ0v) is 20.1. The van der Waals surface area contributed by atoms with Crippen molar-refractivity contribution < 1.29 is 49.1 Å². The summed E-state index contributed by atoms with van der Waals surface area (Å²) in [6, 6.07) is 6.01. The molecule has 0 unspecified atom stereocenters. The Kier molecular flexibility index (Phi) is 6.78. The predicted molar refractivity (Wildman–Crippen MR) is 119 cm³/mol. The summed E-state index contributed by atoms with van der Waals surface area (Å²) in [5.74, 6) is -10.7. The number of fused-ring (bicyclic) bond motifs is 1. The number of carbonyl (C=O) groups is 2. The van der Waals surface area contributed by atoms with Crippen LogP contribution in [0.15, 0.2) is 46.9 Å². The lowest BCUT2D eigenvalue weighted by Gasteiger charge is -2.46. The summed E-state index contributed by atoms with van der Waals surface area (Å²) in [5.41, 5.74) is 0.751. The number of likely N-dealkylation sites (tertiary alicyclic amines) is 1. The van der Waals surface area contributed by atoms with E-state index in [4.69, 9.17) is 4.42 Å². The molecule has 0 radical (unpaired) electrons. The molecule has 3 heterocycles. The van der Waals surface area contributed by atoms with Gasteiger partial charge in [0.1, 0.15) is 5.82 Å². The maximum atomic E-state index is 14.2. The lowest BCUT2D eigenvalue weighted by molar-refractivity contribution is -0.276. The first kappa shape index (κ1) is 27.5. The third-order valence-electron chi connectivity index (χ3n) is 6.91. The van der Waals surface area contributed by atoms with Crippen molar-refractivity contribution in [3.8, 4) is 11.5 Å². The van der Waals surface area contributed by atoms with Crippen LogP contribution in [0.1, 0.15) is 52.7 Å². The minimum Gasteiger partial charge on any atom is -0.415 e. The SMILES string of the molecule is O=C1c2cc(-c3nnc(C(F)F)o3)ccc2CN1[C@H]1CCCN(C(=O)C(F)(F)C(F)(F)F)[C@@H]1c1ccc(F)cc1. The highest BCUT2D eigenvalue weighted by molar-refractivity contribution is 5.99. The molecule has 0 bridgehead atoms. The lowest BCUT2D eigenvalue weighted by atomic mass is 9.88. The van der Waals surface area contributed by atoms with Gasteiger partial charge in [-0.2, -0.15) is 30.7 Å². The Morgan fingerprint density at radius 1 is 1.02 bits per heavy atom. The Morgan fingerprint density at radius 3 is 2.35 bits per heavy atom. The molecule has 3 aromatic rings. The molecule has 2 aliphatic heterocycles. The van der Waals surface area contributed by atoms with E-state index in [2.05, 4.69) is 10.2 Å². The van der Waals surface area contributed by atoms with Gasteiger partial charge in [-0.3, -0.25) is 9.59 Å². The molecule has 0 aliphatic carbocycles. The molecule has 5 rings (SSSR count). The van der Waals surface area contributed by atoms with Gasteiger partial charge in [-0.25, -0.2) is 4.39 Å². The minimum atomic E-state index is -6.15. The molecule has 15 heteroatoms. The third-order valence-corrected chi connectivity index (χ3v) is 6.91. The van der Waals surface area contributed by atoms with E-state index in [-0.39, 0.29) is 42.0 Å². The largest absolute Gasteiger partial charge is 0.463 e. The first-order valence-electron chi connectivity index (χ1n) is 11.9. The number of aromatic nitrogens is 2. The molecule has 0 N–H and O–H groups in total. The van der Waals surface area contributed by atoms with E-state index in [0.29, 0.717) is 10.5 Å². The molecule has 212 valence electrons. The average molecular weight is 574 g/mol. The summed E-state index contributed by atoms with van der Waals surface area (Å²) in [6.45, 7) is -0.535. The number of nitrogens with zero attached hydrogens (tertiary/aromatic N) is 4. The molecule has 40 heavy (non-hydrogen) atoms. The van der Waals surface area contributed by atoms with Crippen molar-refractivity contribution in [3.63, 3.8) is 0 Å². The number of halogens is 8. The minimum absolute atomic E-state index is 0.00576. The van der Waals surface area contributed by atoms with Gasteiger partial charge in [0.25, 0.3) is 11.8 Å². The fourth-order valence-electron chi connectivity index (χ4n) is 5.06. The van der Waals surface area contributed by atoms with Gasteiger partial charge in [0.15, 0.2) is 0 Å². The van der Waals surface area contributed by atoms with E-state index in [1.54, 1.807) is 0 Å². The van der Waals surface area contributed by atoms with E-state index in [9.17, 15) is 44.7 Å². The van der Waals surface area contributed by atoms with Gasteiger partial charge < -0.3 is 14.2 Å². The smallest absolute Gasteiger partial charge is 0.415 e. The fraction of sp³-hybridized carbons (Fsp3) is 0.360. The number of rotatable bonds is 5. The fourth-order valence-corrected chi connectivity index (χ4v) is 5.06. The number of piperidine rings is 1. The Labute approximate surface area is 220 Å². The summed E-state index contributed by atoms with van der Waals surface area (Å²) in [7, 11) is 0. The second-order valence-corrected chi connectivity index (χ2v) is 9.33. The normalized spacial score (nSPS) is 19.9.